The fourth-order valence-corrected chi connectivity index (χ4v) is 2.26. The summed E-state index contributed by atoms with van der Waals surface area (Å²) in [6, 6.07) is 13.6. The molecular weight excluding hydrogens is 344 g/mol. The van der Waals surface area contributed by atoms with Gasteiger partial charge in [-0.3, -0.25) is 0 Å². The highest BCUT2D eigenvalue weighted by atomic mass is 16.5. The lowest BCUT2D eigenvalue weighted by atomic mass is 10.3. The fourth-order valence-electron chi connectivity index (χ4n) is 2.26. The van der Waals surface area contributed by atoms with Gasteiger partial charge in [-0.15, -0.1) is 0 Å². The second kappa shape index (κ2) is 12.5. The number of guanidine groups is 1. The van der Waals surface area contributed by atoms with Crippen LogP contribution in [-0.2, 0) is 11.3 Å². The summed E-state index contributed by atoms with van der Waals surface area (Å²) in [5.74, 6) is 2.16. The average Bonchev–Trinajstić information content (AvgIpc) is 2.71. The van der Waals surface area contributed by atoms with E-state index >= 15 is 0 Å². The Kier molecular flexibility index (Phi) is 9.52. The molecule has 1 aromatic heterocycles. The summed E-state index contributed by atoms with van der Waals surface area (Å²) in [7, 11) is 1.64. The zero-order chi connectivity index (χ0) is 19.2. The maximum Gasteiger partial charge on any atom is 0.218 e. The van der Waals surface area contributed by atoms with Crippen molar-refractivity contribution in [2.45, 2.75) is 13.5 Å². The highest BCUT2D eigenvalue weighted by Gasteiger charge is 2.05. The molecular formula is C20H28N4O3. The van der Waals surface area contributed by atoms with Gasteiger partial charge in [0.25, 0.3) is 0 Å². The first kappa shape index (κ1) is 20.5. The molecule has 0 unspecified atom stereocenters. The summed E-state index contributed by atoms with van der Waals surface area (Å²) in [5, 5.41) is 6.49. The molecule has 0 amide bonds. The number of hydrogen-bond acceptors (Lipinski definition) is 5. The van der Waals surface area contributed by atoms with E-state index in [4.69, 9.17) is 14.2 Å². The van der Waals surface area contributed by atoms with Gasteiger partial charge in [-0.25, -0.2) is 9.98 Å². The van der Waals surface area contributed by atoms with Crippen molar-refractivity contribution in [3.05, 3.63) is 54.2 Å². The maximum atomic E-state index is 5.68. The molecule has 2 N–H and O–H groups in total. The molecule has 0 spiro atoms. The first-order valence-electron chi connectivity index (χ1n) is 9.09. The predicted molar refractivity (Wildman–Crippen MR) is 106 cm³/mol. The first-order valence-corrected chi connectivity index (χ1v) is 9.09. The van der Waals surface area contributed by atoms with E-state index in [1.807, 2.05) is 49.4 Å². The van der Waals surface area contributed by atoms with E-state index in [0.29, 0.717) is 38.8 Å². The van der Waals surface area contributed by atoms with E-state index in [0.717, 1.165) is 23.8 Å². The molecule has 146 valence electrons. The van der Waals surface area contributed by atoms with Gasteiger partial charge in [-0.1, -0.05) is 24.3 Å². The molecule has 7 heteroatoms. The number of hydrogen-bond donors (Lipinski definition) is 2. The van der Waals surface area contributed by atoms with Crippen molar-refractivity contribution in [2.24, 2.45) is 4.99 Å². The second-order valence-electron chi connectivity index (χ2n) is 5.59. The van der Waals surface area contributed by atoms with Gasteiger partial charge >= 0.3 is 0 Å². The quantitative estimate of drug-likeness (QED) is 0.358. The lowest BCUT2D eigenvalue weighted by molar-refractivity contribution is 0.143. The zero-order valence-corrected chi connectivity index (χ0v) is 16.0. The third kappa shape index (κ3) is 7.96. The van der Waals surface area contributed by atoms with Crippen LogP contribution in [0.3, 0.4) is 0 Å². The van der Waals surface area contributed by atoms with Gasteiger partial charge in [0.05, 0.1) is 19.7 Å². The minimum atomic E-state index is 0.458. The lowest BCUT2D eigenvalue weighted by Crippen LogP contribution is -2.39. The number of ether oxygens (including phenoxy) is 3. The van der Waals surface area contributed by atoms with Crippen molar-refractivity contribution in [3.8, 4) is 11.6 Å². The molecule has 2 rings (SSSR count). The van der Waals surface area contributed by atoms with Crippen LogP contribution in [0.15, 0.2) is 53.7 Å². The Labute approximate surface area is 160 Å². The van der Waals surface area contributed by atoms with E-state index in [9.17, 15) is 0 Å². The fraction of sp³-hybridized carbons (Fsp3) is 0.400. The van der Waals surface area contributed by atoms with Crippen LogP contribution in [0.2, 0.25) is 0 Å². The molecule has 0 aliphatic heterocycles. The average molecular weight is 372 g/mol. The molecule has 1 heterocycles. The third-order valence-corrected chi connectivity index (χ3v) is 3.53. The van der Waals surface area contributed by atoms with E-state index in [2.05, 4.69) is 20.6 Å². The summed E-state index contributed by atoms with van der Waals surface area (Å²) in [4.78, 5) is 8.88. The lowest BCUT2D eigenvalue weighted by Gasteiger charge is -2.13. The Morgan fingerprint density at radius 1 is 1.00 bits per heavy atom. The number of methoxy groups -OCH3 is 1. The number of pyridine rings is 1. The number of aliphatic imine (C=N–C) groups is 1. The molecule has 7 nitrogen and oxygen atoms in total. The summed E-state index contributed by atoms with van der Waals surface area (Å²) < 4.78 is 16.3. The number of nitrogens with one attached hydrogen (secondary N) is 2. The summed E-state index contributed by atoms with van der Waals surface area (Å²) in [6.45, 7) is 5.43. The topological polar surface area (TPSA) is 77.0 Å². The van der Waals surface area contributed by atoms with Gasteiger partial charge in [0.15, 0.2) is 5.96 Å². The SMILES string of the molecule is CCNC(=NCc1cccnc1OCCOC)NCCOc1ccccc1. The summed E-state index contributed by atoms with van der Waals surface area (Å²) >= 11 is 0. The van der Waals surface area contributed by atoms with Crippen molar-refractivity contribution < 1.29 is 14.2 Å². The van der Waals surface area contributed by atoms with Crippen LogP contribution in [0.25, 0.3) is 0 Å². The van der Waals surface area contributed by atoms with Crippen LogP contribution in [0.5, 0.6) is 11.6 Å². The largest absolute Gasteiger partial charge is 0.492 e. The number of aromatic nitrogens is 1. The predicted octanol–water partition coefficient (Wildman–Crippen LogP) is 2.24. The molecule has 0 aliphatic carbocycles. The van der Waals surface area contributed by atoms with Gasteiger partial charge in [0, 0.05) is 25.4 Å². The van der Waals surface area contributed by atoms with Crippen LogP contribution in [0, 0.1) is 0 Å². The number of nitrogens with zero attached hydrogens (tertiary/aromatic N) is 2. The van der Waals surface area contributed by atoms with Crippen molar-refractivity contribution in [2.75, 3.05) is 40.0 Å². The summed E-state index contributed by atoms with van der Waals surface area (Å²) in [5.41, 5.74) is 0.923. The van der Waals surface area contributed by atoms with Crippen molar-refractivity contribution in [1.29, 1.82) is 0 Å². The van der Waals surface area contributed by atoms with E-state index in [1.54, 1.807) is 13.3 Å². The molecule has 0 bridgehead atoms. The number of rotatable bonds is 11. The molecule has 0 atom stereocenters. The minimum Gasteiger partial charge on any atom is -0.492 e. The number of para-hydroxylation sites is 1. The molecule has 0 aliphatic rings. The van der Waals surface area contributed by atoms with E-state index < -0.39 is 0 Å². The van der Waals surface area contributed by atoms with Crippen molar-refractivity contribution in [1.82, 2.24) is 15.6 Å². The van der Waals surface area contributed by atoms with Gasteiger partial charge in [0.2, 0.25) is 5.88 Å². The minimum absolute atomic E-state index is 0.458. The molecule has 1 aromatic carbocycles. The highest BCUT2D eigenvalue weighted by Crippen LogP contribution is 2.15. The van der Waals surface area contributed by atoms with Gasteiger partial charge in [-0.05, 0) is 25.1 Å². The Hall–Kier alpha value is -2.80. The molecule has 27 heavy (non-hydrogen) atoms. The zero-order valence-electron chi connectivity index (χ0n) is 16.0. The highest BCUT2D eigenvalue weighted by molar-refractivity contribution is 5.79. The maximum absolute atomic E-state index is 5.68. The van der Waals surface area contributed by atoms with Gasteiger partial charge < -0.3 is 24.8 Å². The van der Waals surface area contributed by atoms with Crippen LogP contribution >= 0.6 is 0 Å². The third-order valence-electron chi connectivity index (χ3n) is 3.53. The normalized spacial score (nSPS) is 11.1. The Balaban J connectivity index is 1.85. The molecule has 0 saturated heterocycles. The Morgan fingerprint density at radius 3 is 2.63 bits per heavy atom. The monoisotopic (exact) mass is 372 g/mol. The van der Waals surface area contributed by atoms with Crippen LogP contribution in [-0.4, -0.2) is 51.0 Å². The number of benzene rings is 1. The molecule has 0 fully saturated rings. The molecule has 0 radical (unpaired) electrons. The first-order chi connectivity index (χ1) is 13.3. The van der Waals surface area contributed by atoms with Gasteiger partial charge in [0.1, 0.15) is 19.0 Å². The van der Waals surface area contributed by atoms with Crippen molar-refractivity contribution in [3.63, 3.8) is 0 Å². The van der Waals surface area contributed by atoms with E-state index in [1.165, 1.54) is 0 Å². The van der Waals surface area contributed by atoms with Gasteiger partial charge in [-0.2, -0.15) is 0 Å². The smallest absolute Gasteiger partial charge is 0.218 e. The van der Waals surface area contributed by atoms with Crippen LogP contribution in [0.4, 0.5) is 0 Å². The van der Waals surface area contributed by atoms with Crippen LogP contribution < -0.4 is 20.1 Å². The standard InChI is InChI=1S/C20H28N4O3/c1-3-21-20(23-12-13-26-18-9-5-4-6-10-18)24-16-17-8-7-11-22-19(17)27-15-14-25-2/h4-11H,3,12-16H2,1-2H3,(H2,21,23,24). The summed E-state index contributed by atoms with van der Waals surface area (Å²) in [6.07, 6.45) is 1.71. The Bertz CT molecular complexity index is 680. The van der Waals surface area contributed by atoms with E-state index in [-0.39, 0.29) is 0 Å². The van der Waals surface area contributed by atoms with Crippen molar-refractivity contribution >= 4 is 5.96 Å². The Morgan fingerprint density at radius 2 is 1.85 bits per heavy atom. The second-order valence-corrected chi connectivity index (χ2v) is 5.59. The molecule has 2 aromatic rings. The molecule has 0 saturated carbocycles. The van der Waals surface area contributed by atoms with Crippen LogP contribution in [0.1, 0.15) is 12.5 Å².